The molecular weight excluding hydrogens is 263 g/mol. The Morgan fingerprint density at radius 1 is 1.36 bits per heavy atom. The summed E-state index contributed by atoms with van der Waals surface area (Å²) in [5.41, 5.74) is 0. The molecule has 0 amide bonds. The first-order valence-corrected chi connectivity index (χ1v) is 7.88. The Morgan fingerprint density at radius 3 is 2.21 bits per heavy atom. The Balaban J connectivity index is 2.41. The molecule has 0 atom stereocenters. The second-order valence-corrected chi connectivity index (χ2v) is 8.58. The maximum absolute atomic E-state index is 12.1. The highest BCUT2D eigenvalue weighted by Crippen LogP contribution is 2.70. The van der Waals surface area contributed by atoms with E-state index >= 15 is 0 Å². The van der Waals surface area contributed by atoms with Gasteiger partial charge in [-0.1, -0.05) is 0 Å². The van der Waals surface area contributed by atoms with Gasteiger partial charge in [-0.25, -0.2) is 9.97 Å². The number of aromatic nitrogens is 2. The standard InChI is InChI=1S/C9H12BrN2OP/c1-14(2,13)9(3-4-9)8-11-5-7(10)6-12-8/h5-6H,3-4H2,1-2H3. The lowest BCUT2D eigenvalue weighted by atomic mass is 10.4. The Kier molecular flexibility index (Phi) is 2.31. The van der Waals surface area contributed by atoms with E-state index < -0.39 is 7.14 Å². The van der Waals surface area contributed by atoms with Gasteiger partial charge in [-0.3, -0.25) is 0 Å². The minimum Gasteiger partial charge on any atom is -0.323 e. The van der Waals surface area contributed by atoms with Crippen molar-refractivity contribution in [2.24, 2.45) is 0 Å². The van der Waals surface area contributed by atoms with Gasteiger partial charge in [0.1, 0.15) is 5.82 Å². The summed E-state index contributed by atoms with van der Waals surface area (Å²) in [5, 5.41) is -0.215. The molecule has 14 heavy (non-hydrogen) atoms. The lowest BCUT2D eigenvalue weighted by molar-refractivity contribution is 0.568. The van der Waals surface area contributed by atoms with E-state index in [-0.39, 0.29) is 5.16 Å². The molecule has 0 aromatic carbocycles. The topological polar surface area (TPSA) is 42.9 Å². The summed E-state index contributed by atoms with van der Waals surface area (Å²) in [4.78, 5) is 8.50. The van der Waals surface area contributed by atoms with Crippen LogP contribution >= 0.6 is 23.1 Å². The number of hydrogen-bond donors (Lipinski definition) is 0. The van der Waals surface area contributed by atoms with E-state index in [1.54, 1.807) is 12.4 Å². The van der Waals surface area contributed by atoms with E-state index in [0.717, 1.165) is 23.1 Å². The highest BCUT2D eigenvalue weighted by molar-refractivity contribution is 9.10. The number of hydrogen-bond acceptors (Lipinski definition) is 3. The van der Waals surface area contributed by atoms with Crippen LogP contribution in [0.25, 0.3) is 0 Å². The molecule has 2 rings (SSSR count). The van der Waals surface area contributed by atoms with Gasteiger partial charge in [0.15, 0.2) is 0 Å². The molecule has 1 aliphatic carbocycles. The van der Waals surface area contributed by atoms with Crippen molar-refractivity contribution < 1.29 is 4.57 Å². The Labute approximate surface area is 91.8 Å². The van der Waals surface area contributed by atoms with E-state index in [1.807, 2.05) is 13.3 Å². The molecule has 1 aliphatic rings. The molecule has 0 spiro atoms. The van der Waals surface area contributed by atoms with Crippen molar-refractivity contribution in [2.45, 2.75) is 18.0 Å². The Bertz CT molecular complexity index is 394. The third kappa shape index (κ3) is 1.55. The normalized spacial score (nSPS) is 19.4. The smallest absolute Gasteiger partial charge is 0.141 e. The first kappa shape index (κ1) is 10.3. The van der Waals surface area contributed by atoms with Crippen LogP contribution in [0.4, 0.5) is 0 Å². The second kappa shape index (κ2) is 3.14. The van der Waals surface area contributed by atoms with Crippen molar-refractivity contribution in [1.29, 1.82) is 0 Å². The maximum atomic E-state index is 12.1. The van der Waals surface area contributed by atoms with Crippen LogP contribution in [0.5, 0.6) is 0 Å². The van der Waals surface area contributed by atoms with Crippen LogP contribution < -0.4 is 0 Å². The van der Waals surface area contributed by atoms with Gasteiger partial charge < -0.3 is 4.57 Å². The summed E-state index contributed by atoms with van der Waals surface area (Å²) in [7, 11) is -2.13. The van der Waals surface area contributed by atoms with Crippen molar-refractivity contribution >= 4 is 23.1 Å². The summed E-state index contributed by atoms with van der Waals surface area (Å²) in [6.07, 6.45) is 5.36. The minimum atomic E-state index is -2.13. The predicted octanol–water partition coefficient (Wildman–Crippen LogP) is 2.85. The lowest BCUT2D eigenvalue weighted by Gasteiger charge is -2.18. The summed E-state index contributed by atoms with van der Waals surface area (Å²) >= 11 is 3.29. The molecule has 0 unspecified atom stereocenters. The molecule has 3 nitrogen and oxygen atoms in total. The second-order valence-electron chi connectivity index (χ2n) is 4.11. The Morgan fingerprint density at radius 2 is 1.86 bits per heavy atom. The van der Waals surface area contributed by atoms with Gasteiger partial charge in [-0.05, 0) is 42.1 Å². The van der Waals surface area contributed by atoms with Crippen molar-refractivity contribution in [2.75, 3.05) is 13.3 Å². The molecule has 76 valence electrons. The Hall–Kier alpha value is -0.210. The first-order chi connectivity index (χ1) is 6.46. The van der Waals surface area contributed by atoms with Crippen LogP contribution in [-0.2, 0) is 9.72 Å². The zero-order valence-corrected chi connectivity index (χ0v) is 10.7. The lowest BCUT2D eigenvalue weighted by Crippen LogP contribution is -2.10. The predicted molar refractivity (Wildman–Crippen MR) is 60.1 cm³/mol. The van der Waals surface area contributed by atoms with Crippen LogP contribution in [-0.4, -0.2) is 23.3 Å². The van der Waals surface area contributed by atoms with Gasteiger partial charge in [-0.15, -0.1) is 0 Å². The molecule has 0 radical (unpaired) electrons. The zero-order chi connectivity index (χ0) is 10.4. The number of nitrogens with zero attached hydrogens (tertiary/aromatic N) is 2. The van der Waals surface area contributed by atoms with Crippen molar-refractivity contribution in [1.82, 2.24) is 9.97 Å². The largest absolute Gasteiger partial charge is 0.323 e. The third-order valence-electron chi connectivity index (χ3n) is 2.79. The van der Waals surface area contributed by atoms with Gasteiger partial charge >= 0.3 is 0 Å². The van der Waals surface area contributed by atoms with Gasteiger partial charge in [0.2, 0.25) is 0 Å². The first-order valence-electron chi connectivity index (χ1n) is 4.49. The van der Waals surface area contributed by atoms with E-state index in [4.69, 9.17) is 0 Å². The molecule has 1 aromatic rings. The average Bonchev–Trinajstić information content (AvgIpc) is 2.84. The molecule has 5 heteroatoms. The summed E-state index contributed by atoms with van der Waals surface area (Å²) in [5.74, 6) is 0.744. The zero-order valence-electron chi connectivity index (χ0n) is 8.20. The molecule has 1 aromatic heterocycles. The fourth-order valence-corrected chi connectivity index (χ4v) is 3.66. The molecular formula is C9H12BrN2OP. The van der Waals surface area contributed by atoms with Crippen LogP contribution in [0.2, 0.25) is 0 Å². The van der Waals surface area contributed by atoms with E-state index in [1.165, 1.54) is 0 Å². The van der Waals surface area contributed by atoms with Crippen molar-refractivity contribution in [3.8, 4) is 0 Å². The maximum Gasteiger partial charge on any atom is 0.141 e. The molecule has 0 aliphatic heterocycles. The highest BCUT2D eigenvalue weighted by atomic mass is 79.9. The molecule has 1 heterocycles. The van der Waals surface area contributed by atoms with Gasteiger partial charge in [-0.2, -0.15) is 0 Å². The fraction of sp³-hybridized carbons (Fsp3) is 0.556. The summed E-state index contributed by atoms with van der Waals surface area (Å²) in [6, 6.07) is 0. The summed E-state index contributed by atoms with van der Waals surface area (Å²) < 4.78 is 13.0. The van der Waals surface area contributed by atoms with Gasteiger partial charge in [0.25, 0.3) is 0 Å². The van der Waals surface area contributed by atoms with Crippen LogP contribution in [0.15, 0.2) is 16.9 Å². The van der Waals surface area contributed by atoms with Crippen LogP contribution in [0, 0.1) is 0 Å². The SMILES string of the molecule is CP(C)(=O)C1(c2ncc(Br)cn2)CC1. The van der Waals surface area contributed by atoms with E-state index in [9.17, 15) is 4.57 Å². The third-order valence-corrected chi connectivity index (χ3v) is 5.91. The number of halogens is 1. The molecule has 0 N–H and O–H groups in total. The monoisotopic (exact) mass is 274 g/mol. The average molecular weight is 275 g/mol. The quantitative estimate of drug-likeness (QED) is 0.779. The molecule has 0 bridgehead atoms. The molecule has 1 saturated carbocycles. The van der Waals surface area contributed by atoms with Crippen LogP contribution in [0.3, 0.4) is 0 Å². The van der Waals surface area contributed by atoms with Gasteiger partial charge in [0.05, 0.1) is 16.8 Å². The molecule has 1 fully saturated rings. The van der Waals surface area contributed by atoms with Crippen molar-refractivity contribution in [3.05, 3.63) is 22.7 Å². The molecule has 0 saturated heterocycles. The highest BCUT2D eigenvalue weighted by Gasteiger charge is 2.56. The van der Waals surface area contributed by atoms with Crippen LogP contribution in [0.1, 0.15) is 18.7 Å². The summed E-state index contributed by atoms with van der Waals surface area (Å²) in [6.45, 7) is 3.65. The van der Waals surface area contributed by atoms with E-state index in [0.29, 0.717) is 0 Å². The minimum absolute atomic E-state index is 0.215. The fourth-order valence-electron chi connectivity index (χ4n) is 1.67. The van der Waals surface area contributed by atoms with Crippen molar-refractivity contribution in [3.63, 3.8) is 0 Å². The van der Waals surface area contributed by atoms with Gasteiger partial charge in [0, 0.05) is 12.4 Å². The van der Waals surface area contributed by atoms with E-state index in [2.05, 4.69) is 25.9 Å². The number of rotatable bonds is 2.